The highest BCUT2D eigenvalue weighted by molar-refractivity contribution is 6.01. The van der Waals surface area contributed by atoms with Crippen LogP contribution in [0.5, 0.6) is 11.8 Å². The van der Waals surface area contributed by atoms with Gasteiger partial charge in [0.1, 0.15) is 41.4 Å². The third-order valence-corrected chi connectivity index (χ3v) is 10.1. The average Bonchev–Trinajstić information content (AvgIpc) is 3.62. The molecule has 0 spiro atoms. The Bertz CT molecular complexity index is 1770. The number of ether oxygens (including phenoxy) is 2. The summed E-state index contributed by atoms with van der Waals surface area (Å²) in [5.74, 6) is -0.655. The van der Waals surface area contributed by atoms with E-state index < -0.39 is 23.3 Å². The molecule has 4 saturated heterocycles. The Morgan fingerprint density at radius 2 is 1.95 bits per heavy atom. The fourth-order valence-corrected chi connectivity index (χ4v) is 8.13. The number of pyridine rings is 1. The van der Waals surface area contributed by atoms with Crippen LogP contribution in [0.1, 0.15) is 44.6 Å². The number of aromatic hydroxyl groups is 1. The molecule has 0 amide bonds. The van der Waals surface area contributed by atoms with Gasteiger partial charge in [-0.25, -0.2) is 13.2 Å². The van der Waals surface area contributed by atoms with Gasteiger partial charge in [-0.2, -0.15) is 9.97 Å². The fraction of sp³-hybridized carbons (Fsp3) is 0.485. The second-order valence-corrected chi connectivity index (χ2v) is 12.7. The SMILES string of the molecule is CCc1c(F)ccc2cc(O)cc(-c3ncc4c(N5C6CCC5COC6)nc(OC[C@@]56CCCN5C[C@H](F)C6)nc4c3F)c12. The van der Waals surface area contributed by atoms with Crippen molar-refractivity contribution in [3.8, 4) is 23.0 Å². The van der Waals surface area contributed by atoms with Gasteiger partial charge in [-0.3, -0.25) is 9.88 Å². The highest BCUT2D eigenvalue weighted by Gasteiger charge is 2.49. The Balaban J connectivity index is 1.29. The molecule has 0 radical (unpaired) electrons. The summed E-state index contributed by atoms with van der Waals surface area (Å²) in [5, 5.41) is 12.1. The number of hydrogen-bond donors (Lipinski definition) is 1. The highest BCUT2D eigenvalue weighted by atomic mass is 19.1. The first-order valence-corrected chi connectivity index (χ1v) is 15.5. The summed E-state index contributed by atoms with van der Waals surface area (Å²) in [7, 11) is 0. The van der Waals surface area contributed by atoms with Crippen LogP contribution in [0.2, 0.25) is 0 Å². The maximum Gasteiger partial charge on any atom is 0.319 e. The van der Waals surface area contributed by atoms with E-state index in [4.69, 9.17) is 14.5 Å². The lowest BCUT2D eigenvalue weighted by atomic mass is 9.94. The first-order chi connectivity index (χ1) is 21.3. The Morgan fingerprint density at radius 3 is 2.75 bits per heavy atom. The Hall–Kier alpha value is -3.70. The second-order valence-electron chi connectivity index (χ2n) is 12.7. The van der Waals surface area contributed by atoms with Crippen LogP contribution in [0.25, 0.3) is 32.9 Å². The number of alkyl halides is 1. The van der Waals surface area contributed by atoms with Gasteiger partial charge in [0, 0.05) is 24.7 Å². The maximum atomic E-state index is 16.8. The van der Waals surface area contributed by atoms with E-state index in [0.717, 1.165) is 32.2 Å². The van der Waals surface area contributed by atoms with Crippen LogP contribution in [0.3, 0.4) is 0 Å². The van der Waals surface area contributed by atoms with Gasteiger partial charge in [0.2, 0.25) is 0 Å². The summed E-state index contributed by atoms with van der Waals surface area (Å²) in [6, 6.07) is 6.07. The molecule has 8 rings (SSSR count). The predicted octanol–water partition coefficient (Wildman–Crippen LogP) is 5.71. The number of phenols is 1. The zero-order chi connectivity index (χ0) is 30.2. The van der Waals surface area contributed by atoms with Crippen molar-refractivity contribution in [2.24, 2.45) is 0 Å². The number of rotatable bonds is 6. The van der Waals surface area contributed by atoms with Gasteiger partial charge in [-0.1, -0.05) is 13.0 Å². The van der Waals surface area contributed by atoms with E-state index in [2.05, 4.69) is 19.8 Å². The monoisotopic (exact) mass is 605 g/mol. The zero-order valence-electron chi connectivity index (χ0n) is 24.5. The van der Waals surface area contributed by atoms with Crippen LogP contribution in [0, 0.1) is 11.6 Å². The third kappa shape index (κ3) is 4.30. The fourth-order valence-electron chi connectivity index (χ4n) is 8.13. The minimum atomic E-state index is -0.906. The molecule has 0 aliphatic carbocycles. The van der Waals surface area contributed by atoms with Gasteiger partial charge in [0.05, 0.1) is 36.2 Å². The molecule has 11 heteroatoms. The van der Waals surface area contributed by atoms with Gasteiger partial charge in [-0.05, 0) is 73.2 Å². The minimum Gasteiger partial charge on any atom is -0.508 e. The molecule has 4 aliphatic rings. The largest absolute Gasteiger partial charge is 0.508 e. The molecule has 44 heavy (non-hydrogen) atoms. The molecular weight excluding hydrogens is 571 g/mol. The highest BCUT2D eigenvalue weighted by Crippen LogP contribution is 2.43. The molecule has 2 aromatic carbocycles. The van der Waals surface area contributed by atoms with Gasteiger partial charge < -0.3 is 19.5 Å². The molecule has 2 unspecified atom stereocenters. The van der Waals surface area contributed by atoms with E-state index in [1.54, 1.807) is 12.3 Å². The molecule has 4 fully saturated rings. The van der Waals surface area contributed by atoms with E-state index in [9.17, 15) is 13.9 Å². The van der Waals surface area contributed by atoms with E-state index in [0.29, 0.717) is 60.1 Å². The molecular formula is C33H34F3N5O3. The summed E-state index contributed by atoms with van der Waals surface area (Å²) < 4.78 is 58.3. The zero-order valence-corrected chi connectivity index (χ0v) is 24.5. The summed E-state index contributed by atoms with van der Waals surface area (Å²) >= 11 is 0. The average molecular weight is 606 g/mol. The number of anilines is 1. The smallest absolute Gasteiger partial charge is 0.319 e. The number of fused-ring (bicyclic) bond motifs is 5. The molecule has 4 aromatic rings. The molecule has 8 nitrogen and oxygen atoms in total. The standard InChI is InChI=1S/C33H34F3N5O3/c1-2-23-26(35)7-4-18-10-22(42)11-24(27(18)23)29-28(36)30-25(13-37-29)31(41-20-5-6-21(41)16-43-15-20)39-32(38-30)44-17-33-8-3-9-40(33)14-19(34)12-33/h4,7,10-11,13,19-21,42H,2-3,5-6,8-9,12,14-17H2,1H3/t19-,20?,21?,33+/m1/s1. The van der Waals surface area contributed by atoms with Crippen LogP contribution >= 0.6 is 0 Å². The molecule has 2 aromatic heterocycles. The first kappa shape index (κ1) is 27.8. The van der Waals surface area contributed by atoms with E-state index in [-0.39, 0.29) is 47.2 Å². The number of morpholine rings is 1. The summed E-state index contributed by atoms with van der Waals surface area (Å²) in [6.07, 6.45) is 5.07. The topological polar surface area (TPSA) is 83.8 Å². The molecule has 4 aliphatic heterocycles. The molecule has 6 heterocycles. The Kier molecular flexibility index (Phi) is 6.60. The van der Waals surface area contributed by atoms with Gasteiger partial charge >= 0.3 is 6.01 Å². The van der Waals surface area contributed by atoms with E-state index >= 15 is 4.39 Å². The predicted molar refractivity (Wildman–Crippen MR) is 160 cm³/mol. The molecule has 4 atom stereocenters. The van der Waals surface area contributed by atoms with Gasteiger partial charge in [-0.15, -0.1) is 0 Å². The van der Waals surface area contributed by atoms with Crippen molar-refractivity contribution in [3.63, 3.8) is 0 Å². The van der Waals surface area contributed by atoms with Crippen molar-refractivity contribution in [2.45, 2.75) is 69.2 Å². The van der Waals surface area contributed by atoms with Crippen molar-refractivity contribution in [1.29, 1.82) is 0 Å². The van der Waals surface area contributed by atoms with Crippen LogP contribution in [-0.4, -0.2) is 81.7 Å². The molecule has 1 N–H and O–H groups in total. The Labute approximate surface area is 252 Å². The Morgan fingerprint density at radius 1 is 1.14 bits per heavy atom. The third-order valence-electron chi connectivity index (χ3n) is 10.1. The van der Waals surface area contributed by atoms with Crippen molar-refractivity contribution < 1.29 is 27.8 Å². The lowest BCUT2D eigenvalue weighted by molar-refractivity contribution is 0.0898. The second kappa shape index (κ2) is 10.4. The van der Waals surface area contributed by atoms with Crippen LogP contribution in [-0.2, 0) is 11.2 Å². The van der Waals surface area contributed by atoms with Crippen molar-refractivity contribution >= 4 is 27.5 Å². The van der Waals surface area contributed by atoms with Crippen molar-refractivity contribution in [3.05, 3.63) is 47.7 Å². The lowest BCUT2D eigenvalue weighted by Gasteiger charge is -2.36. The van der Waals surface area contributed by atoms with Crippen LogP contribution in [0.15, 0.2) is 30.5 Å². The van der Waals surface area contributed by atoms with Crippen LogP contribution in [0.4, 0.5) is 19.0 Å². The molecule has 0 saturated carbocycles. The number of halogens is 3. The maximum absolute atomic E-state index is 16.8. The lowest BCUT2D eigenvalue weighted by Crippen LogP contribution is -2.46. The number of nitrogens with zero attached hydrogens (tertiary/aromatic N) is 5. The quantitative estimate of drug-likeness (QED) is 0.299. The number of aryl methyl sites for hydroxylation is 1. The number of phenolic OH excluding ortho intramolecular Hbond substituents is 1. The summed E-state index contributed by atoms with van der Waals surface area (Å²) in [6.45, 7) is 4.35. The molecule has 2 bridgehead atoms. The van der Waals surface area contributed by atoms with E-state index in [1.807, 2.05) is 6.92 Å². The number of aromatic nitrogens is 3. The van der Waals surface area contributed by atoms with Crippen molar-refractivity contribution in [2.75, 3.05) is 37.8 Å². The van der Waals surface area contributed by atoms with Gasteiger partial charge in [0.25, 0.3) is 0 Å². The first-order valence-electron chi connectivity index (χ1n) is 15.5. The van der Waals surface area contributed by atoms with Crippen LogP contribution < -0.4 is 9.64 Å². The van der Waals surface area contributed by atoms with Gasteiger partial charge in [0.15, 0.2) is 5.82 Å². The minimum absolute atomic E-state index is 0.0269. The summed E-state index contributed by atoms with van der Waals surface area (Å²) in [5.41, 5.74) is 0.265. The molecule has 230 valence electrons. The number of hydrogen-bond acceptors (Lipinski definition) is 8. The normalized spacial score (nSPS) is 26.6. The summed E-state index contributed by atoms with van der Waals surface area (Å²) in [4.78, 5) is 18.3. The van der Waals surface area contributed by atoms with E-state index in [1.165, 1.54) is 18.2 Å². The van der Waals surface area contributed by atoms with Crippen molar-refractivity contribution in [1.82, 2.24) is 19.9 Å². The number of benzene rings is 2.